The summed E-state index contributed by atoms with van der Waals surface area (Å²) in [4.78, 5) is 12.3. The lowest BCUT2D eigenvalue weighted by Crippen LogP contribution is -2.45. The van der Waals surface area contributed by atoms with Gasteiger partial charge in [0.1, 0.15) is 5.82 Å². The predicted octanol–water partition coefficient (Wildman–Crippen LogP) is 2.84. The van der Waals surface area contributed by atoms with Crippen LogP contribution in [0.5, 0.6) is 0 Å². The number of aryl methyl sites for hydroxylation is 1. The number of nitrogens with one attached hydrogen (secondary N) is 3. The number of sulfonamides is 1. The predicted molar refractivity (Wildman–Crippen MR) is 109 cm³/mol. The van der Waals surface area contributed by atoms with Gasteiger partial charge in [-0.25, -0.2) is 12.8 Å². The van der Waals surface area contributed by atoms with Crippen LogP contribution < -0.4 is 15.4 Å². The number of carbonyl (C=O) groups is 1. The molecule has 1 atom stereocenters. The second-order valence-corrected chi connectivity index (χ2v) is 8.29. The molecule has 1 unspecified atom stereocenters. The maximum absolute atomic E-state index is 13.3. The van der Waals surface area contributed by atoms with Crippen LogP contribution in [0.15, 0.2) is 47.4 Å². The fraction of sp³-hybridized carbons (Fsp3) is 0.316. The lowest BCUT2D eigenvalue weighted by molar-refractivity contribution is 0.0930. The van der Waals surface area contributed by atoms with Crippen LogP contribution in [0, 0.1) is 12.7 Å². The lowest BCUT2D eigenvalue weighted by atomic mass is 10.1. The molecule has 1 amide bonds. The van der Waals surface area contributed by atoms with Crippen molar-refractivity contribution < 1.29 is 17.6 Å². The average Bonchev–Trinajstić information content (AvgIpc) is 2.65. The smallest absolute Gasteiger partial charge is 0.261 e. The molecule has 1 fully saturated rings. The first-order chi connectivity index (χ1) is 12.8. The number of benzene rings is 2. The molecule has 28 heavy (non-hydrogen) atoms. The second-order valence-electron chi connectivity index (χ2n) is 6.61. The van der Waals surface area contributed by atoms with E-state index in [1.54, 1.807) is 12.1 Å². The third-order valence-electron chi connectivity index (χ3n) is 4.47. The zero-order valence-electron chi connectivity index (χ0n) is 15.4. The van der Waals surface area contributed by atoms with Gasteiger partial charge in [0.25, 0.3) is 15.9 Å². The highest BCUT2D eigenvalue weighted by atomic mass is 35.5. The van der Waals surface area contributed by atoms with E-state index >= 15 is 0 Å². The van der Waals surface area contributed by atoms with Gasteiger partial charge >= 0.3 is 0 Å². The zero-order chi connectivity index (χ0) is 19.4. The third-order valence-corrected chi connectivity index (χ3v) is 5.85. The van der Waals surface area contributed by atoms with Crippen LogP contribution in [0.3, 0.4) is 0 Å². The van der Waals surface area contributed by atoms with Crippen LogP contribution in [0.2, 0.25) is 0 Å². The van der Waals surface area contributed by atoms with Crippen molar-refractivity contribution in [2.75, 3.05) is 17.8 Å². The molecule has 0 bridgehead atoms. The fourth-order valence-corrected chi connectivity index (χ4v) is 4.08. The Labute approximate surface area is 170 Å². The monoisotopic (exact) mass is 427 g/mol. The first-order valence-electron chi connectivity index (χ1n) is 8.76. The summed E-state index contributed by atoms with van der Waals surface area (Å²) in [6.07, 6.45) is 1.96. The van der Waals surface area contributed by atoms with Crippen LogP contribution >= 0.6 is 12.4 Å². The van der Waals surface area contributed by atoms with E-state index < -0.39 is 15.8 Å². The van der Waals surface area contributed by atoms with Crippen molar-refractivity contribution in [2.45, 2.75) is 30.7 Å². The highest BCUT2D eigenvalue weighted by Gasteiger charge is 2.18. The van der Waals surface area contributed by atoms with Crippen LogP contribution in [0.4, 0.5) is 10.1 Å². The molecule has 0 spiro atoms. The summed E-state index contributed by atoms with van der Waals surface area (Å²) < 4.78 is 40.6. The highest BCUT2D eigenvalue weighted by Crippen LogP contribution is 2.19. The Morgan fingerprint density at radius 1 is 1.18 bits per heavy atom. The first-order valence-corrected chi connectivity index (χ1v) is 10.2. The number of carbonyl (C=O) groups excluding carboxylic acids is 1. The van der Waals surface area contributed by atoms with E-state index in [9.17, 15) is 17.6 Å². The molecule has 1 aliphatic rings. The molecule has 152 valence electrons. The molecule has 0 aromatic heterocycles. The largest absolute Gasteiger partial charge is 0.348 e. The maximum atomic E-state index is 13.3. The van der Waals surface area contributed by atoms with Gasteiger partial charge < -0.3 is 10.6 Å². The summed E-state index contributed by atoms with van der Waals surface area (Å²) in [7, 11) is -3.83. The molecular formula is C19H23ClFN3O3S. The van der Waals surface area contributed by atoms with E-state index in [-0.39, 0.29) is 34.8 Å². The SMILES string of the molecule is Cc1cc(S(=O)(=O)Nc2ccc(C(=O)NC3CCCNC3)cc2)ccc1F.Cl. The Morgan fingerprint density at radius 3 is 2.50 bits per heavy atom. The lowest BCUT2D eigenvalue weighted by Gasteiger charge is -2.23. The molecule has 3 N–H and O–H groups in total. The minimum Gasteiger partial charge on any atom is -0.348 e. The average molecular weight is 428 g/mol. The van der Waals surface area contributed by atoms with Crippen molar-refractivity contribution in [1.82, 2.24) is 10.6 Å². The number of hydrogen-bond acceptors (Lipinski definition) is 4. The molecular weight excluding hydrogens is 405 g/mol. The Hall–Kier alpha value is -2.16. The Kier molecular flexibility index (Phi) is 7.40. The van der Waals surface area contributed by atoms with Crippen molar-refractivity contribution in [3.05, 3.63) is 59.4 Å². The van der Waals surface area contributed by atoms with Gasteiger partial charge in [-0.05, 0) is 74.3 Å². The number of piperidine rings is 1. The standard InChI is InChI=1S/C19H22FN3O3S.ClH/c1-13-11-17(8-9-18(13)20)27(25,26)23-15-6-4-14(5-7-15)19(24)22-16-3-2-10-21-12-16;/h4-9,11,16,21,23H,2-3,10,12H2,1H3,(H,22,24);1H. The van der Waals surface area contributed by atoms with Gasteiger partial charge in [-0.2, -0.15) is 0 Å². The van der Waals surface area contributed by atoms with E-state index in [1.807, 2.05) is 0 Å². The highest BCUT2D eigenvalue weighted by molar-refractivity contribution is 7.92. The summed E-state index contributed by atoms with van der Waals surface area (Å²) >= 11 is 0. The Bertz CT molecular complexity index is 930. The topological polar surface area (TPSA) is 87.3 Å². The molecule has 1 saturated heterocycles. The summed E-state index contributed by atoms with van der Waals surface area (Å²) in [6.45, 7) is 3.22. The molecule has 0 saturated carbocycles. The minimum absolute atomic E-state index is 0. The molecule has 2 aromatic carbocycles. The normalized spacial score (nSPS) is 16.7. The van der Waals surface area contributed by atoms with E-state index in [4.69, 9.17) is 0 Å². The molecule has 2 aromatic rings. The number of rotatable bonds is 5. The molecule has 1 heterocycles. The van der Waals surface area contributed by atoms with Crippen molar-refractivity contribution >= 4 is 34.0 Å². The van der Waals surface area contributed by atoms with Gasteiger partial charge in [-0.3, -0.25) is 9.52 Å². The molecule has 0 radical (unpaired) electrons. The van der Waals surface area contributed by atoms with Crippen LogP contribution in [0.25, 0.3) is 0 Å². The maximum Gasteiger partial charge on any atom is 0.261 e. The molecule has 1 aliphatic heterocycles. The summed E-state index contributed by atoms with van der Waals surface area (Å²) in [5, 5.41) is 6.20. The van der Waals surface area contributed by atoms with Crippen LogP contribution in [-0.2, 0) is 10.0 Å². The van der Waals surface area contributed by atoms with Crippen LogP contribution in [-0.4, -0.2) is 33.5 Å². The third kappa shape index (κ3) is 5.43. The van der Waals surface area contributed by atoms with Gasteiger partial charge in [-0.1, -0.05) is 0 Å². The number of halogens is 2. The zero-order valence-corrected chi connectivity index (χ0v) is 17.0. The fourth-order valence-electron chi connectivity index (χ4n) is 2.93. The van der Waals surface area contributed by atoms with Gasteiger partial charge in [0.15, 0.2) is 0 Å². The second kappa shape index (κ2) is 9.36. The molecule has 9 heteroatoms. The summed E-state index contributed by atoms with van der Waals surface area (Å²) in [5.74, 6) is -0.648. The Morgan fingerprint density at radius 2 is 1.89 bits per heavy atom. The Balaban J connectivity index is 0.00000280. The van der Waals surface area contributed by atoms with Crippen molar-refractivity contribution in [3.63, 3.8) is 0 Å². The van der Waals surface area contributed by atoms with Crippen molar-refractivity contribution in [1.29, 1.82) is 0 Å². The van der Waals surface area contributed by atoms with Crippen molar-refractivity contribution in [3.8, 4) is 0 Å². The van der Waals surface area contributed by atoms with Gasteiger partial charge in [0.2, 0.25) is 0 Å². The van der Waals surface area contributed by atoms with Gasteiger partial charge in [-0.15, -0.1) is 12.4 Å². The van der Waals surface area contributed by atoms with E-state index in [1.165, 1.54) is 31.2 Å². The van der Waals surface area contributed by atoms with E-state index in [2.05, 4.69) is 15.4 Å². The number of hydrogen-bond donors (Lipinski definition) is 3. The molecule has 6 nitrogen and oxygen atoms in total. The number of anilines is 1. The molecule has 3 rings (SSSR count). The van der Waals surface area contributed by atoms with E-state index in [0.717, 1.165) is 32.0 Å². The summed E-state index contributed by atoms with van der Waals surface area (Å²) in [5.41, 5.74) is 1.04. The molecule has 0 aliphatic carbocycles. The summed E-state index contributed by atoms with van der Waals surface area (Å²) in [6, 6.07) is 9.91. The van der Waals surface area contributed by atoms with Crippen molar-refractivity contribution in [2.24, 2.45) is 0 Å². The van der Waals surface area contributed by atoms with Crippen LogP contribution in [0.1, 0.15) is 28.8 Å². The first kappa shape index (κ1) is 22.1. The van der Waals surface area contributed by atoms with E-state index in [0.29, 0.717) is 11.3 Å². The van der Waals surface area contributed by atoms with Gasteiger partial charge in [0.05, 0.1) is 4.90 Å². The quantitative estimate of drug-likeness (QED) is 0.684. The number of amides is 1. The minimum atomic E-state index is -3.83. The van der Waals surface area contributed by atoms with Gasteiger partial charge in [0, 0.05) is 23.8 Å².